The zero-order valence-corrected chi connectivity index (χ0v) is 16.3. The van der Waals surface area contributed by atoms with E-state index in [1.165, 1.54) is 0 Å². The molecule has 1 N–H and O–H groups in total. The SMILES string of the molecule is CN(Cc1ccncc1)C(=O)C1CCN(c2ccc3c(C=O)c(O)ccc3c2)C1. The fourth-order valence-corrected chi connectivity index (χ4v) is 4.00. The Bertz CT molecular complexity index is 1050. The van der Waals surface area contributed by atoms with Crippen LogP contribution in [0.25, 0.3) is 10.8 Å². The number of benzene rings is 2. The topological polar surface area (TPSA) is 73.7 Å². The van der Waals surface area contributed by atoms with Gasteiger partial charge < -0.3 is 14.9 Å². The van der Waals surface area contributed by atoms with Crippen molar-refractivity contribution in [3.63, 3.8) is 0 Å². The zero-order valence-electron chi connectivity index (χ0n) is 16.3. The van der Waals surface area contributed by atoms with Crippen molar-refractivity contribution in [3.05, 3.63) is 66.0 Å². The second kappa shape index (κ2) is 7.91. The Kier molecular flexibility index (Phi) is 5.16. The van der Waals surface area contributed by atoms with Crippen LogP contribution in [0, 0.1) is 5.92 Å². The monoisotopic (exact) mass is 389 g/mol. The molecule has 1 aliphatic heterocycles. The van der Waals surface area contributed by atoms with Gasteiger partial charge >= 0.3 is 0 Å². The number of phenols is 1. The molecule has 0 aliphatic carbocycles. The highest BCUT2D eigenvalue weighted by atomic mass is 16.3. The molecule has 6 heteroatoms. The molecule has 1 amide bonds. The number of anilines is 1. The molecule has 2 heterocycles. The minimum atomic E-state index is -0.0390. The summed E-state index contributed by atoms with van der Waals surface area (Å²) < 4.78 is 0. The van der Waals surface area contributed by atoms with Gasteiger partial charge in [0.1, 0.15) is 5.75 Å². The van der Waals surface area contributed by atoms with E-state index < -0.39 is 0 Å². The van der Waals surface area contributed by atoms with Gasteiger partial charge in [0.05, 0.1) is 11.5 Å². The van der Waals surface area contributed by atoms with E-state index in [0.717, 1.165) is 35.0 Å². The summed E-state index contributed by atoms with van der Waals surface area (Å²) in [5, 5.41) is 11.5. The van der Waals surface area contributed by atoms with Gasteiger partial charge in [0.25, 0.3) is 0 Å². The normalized spacial score (nSPS) is 16.2. The molecule has 29 heavy (non-hydrogen) atoms. The Morgan fingerprint density at radius 3 is 2.79 bits per heavy atom. The molecule has 0 saturated carbocycles. The van der Waals surface area contributed by atoms with Gasteiger partial charge in [0.15, 0.2) is 6.29 Å². The summed E-state index contributed by atoms with van der Waals surface area (Å²) in [6.07, 6.45) is 4.97. The summed E-state index contributed by atoms with van der Waals surface area (Å²) >= 11 is 0. The van der Waals surface area contributed by atoms with Crippen molar-refractivity contribution in [2.45, 2.75) is 13.0 Å². The number of hydrogen-bond acceptors (Lipinski definition) is 5. The number of aldehydes is 1. The van der Waals surface area contributed by atoms with E-state index in [1.54, 1.807) is 23.4 Å². The van der Waals surface area contributed by atoms with Gasteiger partial charge in [-0.25, -0.2) is 0 Å². The van der Waals surface area contributed by atoms with Gasteiger partial charge in [-0.05, 0) is 53.1 Å². The van der Waals surface area contributed by atoms with Gasteiger partial charge in [0, 0.05) is 44.8 Å². The Balaban J connectivity index is 1.47. The molecule has 0 bridgehead atoms. The van der Waals surface area contributed by atoms with Crippen LogP contribution in [0.15, 0.2) is 54.9 Å². The van der Waals surface area contributed by atoms with Crippen LogP contribution in [0.3, 0.4) is 0 Å². The first-order valence-corrected chi connectivity index (χ1v) is 9.66. The number of rotatable bonds is 5. The van der Waals surface area contributed by atoms with Crippen molar-refractivity contribution in [1.82, 2.24) is 9.88 Å². The number of aromatic nitrogens is 1. The lowest BCUT2D eigenvalue weighted by Gasteiger charge is -2.23. The molecule has 6 nitrogen and oxygen atoms in total. The first-order chi connectivity index (χ1) is 14.1. The number of aromatic hydroxyl groups is 1. The number of carbonyl (C=O) groups excluding carboxylic acids is 2. The standard InChI is InChI=1S/C23H23N3O3/c1-25(13-16-6-9-24-10-7-16)23(29)18-8-11-26(14-18)19-3-4-20-17(12-19)2-5-22(28)21(20)15-27/h2-7,9-10,12,15,18,28H,8,11,13-14H2,1H3. The molecule has 1 saturated heterocycles. The maximum absolute atomic E-state index is 12.9. The third-order valence-corrected chi connectivity index (χ3v) is 5.59. The highest BCUT2D eigenvalue weighted by molar-refractivity contribution is 6.01. The molecule has 1 aliphatic rings. The molecule has 1 atom stereocenters. The summed E-state index contributed by atoms with van der Waals surface area (Å²) in [4.78, 5) is 32.2. The fourth-order valence-electron chi connectivity index (χ4n) is 4.00. The molecular weight excluding hydrogens is 366 g/mol. The number of carbonyl (C=O) groups is 2. The number of phenolic OH excluding ortho intramolecular Hbond substituents is 1. The number of amides is 1. The van der Waals surface area contributed by atoms with Crippen molar-refractivity contribution >= 4 is 28.7 Å². The molecule has 0 spiro atoms. The van der Waals surface area contributed by atoms with Crippen LogP contribution in [-0.2, 0) is 11.3 Å². The highest BCUT2D eigenvalue weighted by Gasteiger charge is 2.30. The van der Waals surface area contributed by atoms with E-state index in [1.807, 2.05) is 43.4 Å². The summed E-state index contributed by atoms with van der Waals surface area (Å²) in [7, 11) is 1.84. The van der Waals surface area contributed by atoms with Crippen molar-refractivity contribution in [1.29, 1.82) is 0 Å². The fraction of sp³-hybridized carbons (Fsp3) is 0.261. The lowest BCUT2D eigenvalue weighted by Crippen LogP contribution is -2.34. The quantitative estimate of drug-likeness (QED) is 0.678. The number of nitrogens with zero attached hydrogens (tertiary/aromatic N) is 3. The Hall–Kier alpha value is -3.41. The van der Waals surface area contributed by atoms with E-state index >= 15 is 0 Å². The van der Waals surface area contributed by atoms with Gasteiger partial charge in [-0.3, -0.25) is 14.6 Å². The number of pyridine rings is 1. The minimum Gasteiger partial charge on any atom is -0.507 e. The smallest absolute Gasteiger partial charge is 0.227 e. The van der Waals surface area contributed by atoms with Gasteiger partial charge in [-0.1, -0.05) is 12.1 Å². The predicted octanol–water partition coefficient (Wildman–Crippen LogP) is 3.24. The van der Waals surface area contributed by atoms with Crippen molar-refractivity contribution < 1.29 is 14.7 Å². The molecule has 148 valence electrons. The lowest BCUT2D eigenvalue weighted by molar-refractivity contribution is -0.134. The second-order valence-corrected chi connectivity index (χ2v) is 7.50. The Morgan fingerprint density at radius 2 is 2.03 bits per heavy atom. The molecule has 1 unspecified atom stereocenters. The summed E-state index contributed by atoms with van der Waals surface area (Å²) in [6.45, 7) is 2.05. The molecular formula is C23H23N3O3. The highest BCUT2D eigenvalue weighted by Crippen LogP contribution is 2.31. The lowest BCUT2D eigenvalue weighted by atomic mass is 10.0. The maximum Gasteiger partial charge on any atom is 0.227 e. The van der Waals surface area contributed by atoms with Gasteiger partial charge in [0.2, 0.25) is 5.91 Å². The maximum atomic E-state index is 12.9. The van der Waals surface area contributed by atoms with Crippen LogP contribution < -0.4 is 4.90 Å². The molecule has 3 aromatic rings. The van der Waals surface area contributed by atoms with Crippen LogP contribution >= 0.6 is 0 Å². The van der Waals surface area contributed by atoms with Gasteiger partial charge in [-0.15, -0.1) is 0 Å². The first kappa shape index (κ1) is 18.9. The molecule has 2 aromatic carbocycles. The van der Waals surface area contributed by atoms with Crippen LogP contribution in [-0.4, -0.2) is 47.3 Å². The molecule has 4 rings (SSSR count). The van der Waals surface area contributed by atoms with E-state index in [4.69, 9.17) is 0 Å². The van der Waals surface area contributed by atoms with Crippen molar-refractivity contribution in [2.75, 3.05) is 25.0 Å². The Morgan fingerprint density at radius 1 is 1.24 bits per heavy atom. The van der Waals surface area contributed by atoms with Crippen LogP contribution in [0.1, 0.15) is 22.3 Å². The van der Waals surface area contributed by atoms with Crippen LogP contribution in [0.5, 0.6) is 5.75 Å². The second-order valence-electron chi connectivity index (χ2n) is 7.50. The average Bonchev–Trinajstić information content (AvgIpc) is 3.24. The number of fused-ring (bicyclic) bond motifs is 1. The third kappa shape index (κ3) is 3.78. The zero-order chi connectivity index (χ0) is 20.4. The van der Waals surface area contributed by atoms with E-state index in [2.05, 4.69) is 9.88 Å². The summed E-state index contributed by atoms with van der Waals surface area (Å²) in [5.41, 5.74) is 2.39. The third-order valence-electron chi connectivity index (χ3n) is 5.59. The molecule has 1 aromatic heterocycles. The van der Waals surface area contributed by atoms with Gasteiger partial charge in [-0.2, -0.15) is 0 Å². The minimum absolute atomic E-state index is 0.00989. The summed E-state index contributed by atoms with van der Waals surface area (Å²) in [5.74, 6) is 0.102. The van der Waals surface area contributed by atoms with E-state index in [-0.39, 0.29) is 17.6 Å². The molecule has 1 fully saturated rings. The van der Waals surface area contributed by atoms with Crippen molar-refractivity contribution in [3.8, 4) is 5.75 Å². The average molecular weight is 389 g/mol. The molecule has 0 radical (unpaired) electrons. The van der Waals surface area contributed by atoms with Crippen molar-refractivity contribution in [2.24, 2.45) is 5.92 Å². The van der Waals surface area contributed by atoms with Crippen LogP contribution in [0.2, 0.25) is 0 Å². The van der Waals surface area contributed by atoms with Crippen LogP contribution in [0.4, 0.5) is 5.69 Å². The largest absolute Gasteiger partial charge is 0.507 e. The predicted molar refractivity (Wildman–Crippen MR) is 112 cm³/mol. The van der Waals surface area contributed by atoms with E-state index in [0.29, 0.717) is 24.9 Å². The first-order valence-electron chi connectivity index (χ1n) is 9.66. The van der Waals surface area contributed by atoms with E-state index in [9.17, 15) is 14.7 Å². The number of hydrogen-bond donors (Lipinski definition) is 1. The Labute approximate surface area is 169 Å². The summed E-state index contributed by atoms with van der Waals surface area (Å²) in [6, 6.07) is 13.0.